The van der Waals surface area contributed by atoms with Gasteiger partial charge in [0.2, 0.25) is 0 Å². The number of thioether (sulfide) groups is 1. The molecule has 0 aliphatic heterocycles. The highest BCUT2D eigenvalue weighted by Crippen LogP contribution is 2.30. The first-order chi connectivity index (χ1) is 11.7. The summed E-state index contributed by atoms with van der Waals surface area (Å²) in [5.74, 6) is -0.0402. The molecule has 2 aromatic heterocycles. The van der Waals surface area contributed by atoms with Gasteiger partial charge in [-0.25, -0.2) is 4.98 Å². The number of aryl methyl sites for hydroxylation is 1. The number of para-hydroxylation sites is 1. The quantitative estimate of drug-likeness (QED) is 0.445. The SMILES string of the molecule is Cc1cc(C(=O)CSc2nc3ccccc3s2)c(C)n1CC(F)(F)F. The highest BCUT2D eigenvalue weighted by atomic mass is 32.2. The van der Waals surface area contributed by atoms with E-state index < -0.39 is 12.7 Å². The summed E-state index contributed by atoms with van der Waals surface area (Å²) >= 11 is 2.81. The molecule has 0 unspecified atom stereocenters. The lowest BCUT2D eigenvalue weighted by atomic mass is 10.2. The van der Waals surface area contributed by atoms with Crippen LogP contribution in [-0.2, 0) is 6.54 Å². The van der Waals surface area contributed by atoms with E-state index in [0.29, 0.717) is 17.0 Å². The Balaban J connectivity index is 1.74. The number of fused-ring (bicyclic) bond motifs is 1. The van der Waals surface area contributed by atoms with Gasteiger partial charge in [0, 0.05) is 17.0 Å². The van der Waals surface area contributed by atoms with Crippen LogP contribution in [0.5, 0.6) is 0 Å². The summed E-state index contributed by atoms with van der Waals surface area (Å²) in [4.78, 5) is 16.9. The molecule has 3 nitrogen and oxygen atoms in total. The lowest BCUT2D eigenvalue weighted by Gasteiger charge is -2.12. The van der Waals surface area contributed by atoms with Gasteiger partial charge in [-0.3, -0.25) is 4.79 Å². The Morgan fingerprint density at radius 1 is 1.28 bits per heavy atom. The molecule has 0 aliphatic carbocycles. The third kappa shape index (κ3) is 4.07. The predicted octanol–water partition coefficient (Wildman–Crippen LogP) is 5.25. The molecule has 0 bridgehead atoms. The van der Waals surface area contributed by atoms with Crippen LogP contribution >= 0.6 is 23.1 Å². The third-order valence-electron chi connectivity index (χ3n) is 3.81. The zero-order chi connectivity index (χ0) is 18.2. The molecule has 0 aliphatic rings. The molecule has 0 amide bonds. The maximum absolute atomic E-state index is 12.7. The van der Waals surface area contributed by atoms with Crippen molar-refractivity contribution < 1.29 is 18.0 Å². The largest absolute Gasteiger partial charge is 0.406 e. The molecule has 0 N–H and O–H groups in total. The Morgan fingerprint density at radius 2 is 2.00 bits per heavy atom. The number of Topliss-reactive ketones (excluding diaryl/α,β-unsaturated/α-hetero) is 1. The zero-order valence-corrected chi connectivity index (χ0v) is 15.2. The number of carbonyl (C=O) groups is 1. The van der Waals surface area contributed by atoms with Crippen molar-refractivity contribution >= 4 is 39.1 Å². The van der Waals surface area contributed by atoms with Gasteiger partial charge in [0.25, 0.3) is 0 Å². The molecule has 0 saturated carbocycles. The second kappa shape index (κ2) is 6.84. The number of thiazole rings is 1. The number of hydrogen-bond donors (Lipinski definition) is 0. The van der Waals surface area contributed by atoms with Crippen molar-refractivity contribution in [2.75, 3.05) is 5.75 Å². The number of rotatable bonds is 5. The van der Waals surface area contributed by atoms with Gasteiger partial charge in [0.1, 0.15) is 6.54 Å². The summed E-state index contributed by atoms with van der Waals surface area (Å²) in [5, 5.41) is 0. The number of carbonyl (C=O) groups excluding carboxylic acids is 1. The minimum absolute atomic E-state index is 0.149. The topological polar surface area (TPSA) is 34.9 Å². The van der Waals surface area contributed by atoms with E-state index in [2.05, 4.69) is 4.98 Å². The molecule has 0 saturated heterocycles. The number of hydrogen-bond acceptors (Lipinski definition) is 4. The maximum Gasteiger partial charge on any atom is 0.406 e. The van der Waals surface area contributed by atoms with Crippen LogP contribution in [0.25, 0.3) is 10.2 Å². The molecule has 0 fully saturated rings. The van der Waals surface area contributed by atoms with Gasteiger partial charge in [-0.15, -0.1) is 11.3 Å². The summed E-state index contributed by atoms with van der Waals surface area (Å²) in [6.45, 7) is 2.05. The summed E-state index contributed by atoms with van der Waals surface area (Å²) in [6, 6.07) is 9.22. The monoisotopic (exact) mass is 384 g/mol. The number of aromatic nitrogens is 2. The van der Waals surface area contributed by atoms with Gasteiger partial charge in [-0.2, -0.15) is 13.2 Å². The molecule has 2 heterocycles. The van der Waals surface area contributed by atoms with Crippen molar-refractivity contribution in [2.45, 2.75) is 30.9 Å². The first kappa shape index (κ1) is 18.0. The van der Waals surface area contributed by atoms with Crippen LogP contribution in [0, 0.1) is 13.8 Å². The van der Waals surface area contributed by atoms with E-state index in [4.69, 9.17) is 0 Å². The molecule has 3 aromatic rings. The van der Waals surface area contributed by atoms with Crippen LogP contribution in [-0.4, -0.2) is 27.3 Å². The van der Waals surface area contributed by atoms with Crippen LogP contribution in [0.15, 0.2) is 34.7 Å². The van der Waals surface area contributed by atoms with Gasteiger partial charge < -0.3 is 4.57 Å². The van der Waals surface area contributed by atoms with Crippen molar-refractivity contribution in [1.29, 1.82) is 0 Å². The lowest BCUT2D eigenvalue weighted by Crippen LogP contribution is -2.19. The summed E-state index contributed by atoms with van der Waals surface area (Å²) in [5.41, 5.74) is 2.01. The van der Waals surface area contributed by atoms with E-state index in [1.807, 2.05) is 24.3 Å². The Bertz CT molecular complexity index is 895. The normalized spacial score (nSPS) is 12.0. The molecule has 1 aromatic carbocycles. The first-order valence-electron chi connectivity index (χ1n) is 7.49. The summed E-state index contributed by atoms with van der Waals surface area (Å²) < 4.78 is 41.0. The van der Waals surface area contributed by atoms with Crippen molar-refractivity contribution in [3.8, 4) is 0 Å². The molecular weight excluding hydrogens is 369 g/mol. The minimum Gasteiger partial charge on any atom is -0.339 e. The van der Waals surface area contributed by atoms with Crippen LogP contribution in [0.2, 0.25) is 0 Å². The second-order valence-electron chi connectivity index (χ2n) is 5.65. The number of benzene rings is 1. The highest BCUT2D eigenvalue weighted by molar-refractivity contribution is 8.01. The van der Waals surface area contributed by atoms with Crippen molar-refractivity contribution in [3.63, 3.8) is 0 Å². The van der Waals surface area contributed by atoms with Gasteiger partial charge in [-0.1, -0.05) is 23.9 Å². The first-order valence-corrected chi connectivity index (χ1v) is 9.30. The Kier molecular flexibility index (Phi) is 4.92. The van der Waals surface area contributed by atoms with Crippen molar-refractivity contribution in [2.24, 2.45) is 0 Å². The van der Waals surface area contributed by atoms with E-state index in [-0.39, 0.29) is 11.5 Å². The zero-order valence-electron chi connectivity index (χ0n) is 13.6. The fraction of sp³-hybridized carbons (Fsp3) is 0.294. The van der Waals surface area contributed by atoms with Crippen LogP contribution < -0.4 is 0 Å². The minimum atomic E-state index is -4.31. The molecular formula is C17H15F3N2OS2. The van der Waals surface area contributed by atoms with Crippen molar-refractivity contribution in [1.82, 2.24) is 9.55 Å². The van der Waals surface area contributed by atoms with Crippen molar-refractivity contribution in [3.05, 3.63) is 47.3 Å². The standard InChI is InChI=1S/C17H15F3N2OS2/c1-10-7-12(11(2)22(10)9-17(18,19)20)14(23)8-24-16-21-13-5-3-4-6-15(13)25-16/h3-7H,8-9H2,1-2H3. The Hall–Kier alpha value is -1.80. The van der Waals surface area contributed by atoms with Gasteiger partial charge in [0.05, 0.1) is 16.0 Å². The van der Waals surface area contributed by atoms with Crippen LogP contribution in [0.4, 0.5) is 13.2 Å². The fourth-order valence-corrected chi connectivity index (χ4v) is 4.58. The lowest BCUT2D eigenvalue weighted by molar-refractivity contribution is -0.141. The van der Waals surface area contributed by atoms with E-state index in [9.17, 15) is 18.0 Å². The molecule has 25 heavy (non-hydrogen) atoms. The van der Waals surface area contributed by atoms with E-state index in [1.54, 1.807) is 13.8 Å². The average molecular weight is 384 g/mol. The van der Waals surface area contributed by atoms with E-state index in [0.717, 1.165) is 19.1 Å². The molecule has 0 radical (unpaired) electrons. The Morgan fingerprint density at radius 3 is 2.68 bits per heavy atom. The smallest absolute Gasteiger partial charge is 0.339 e. The molecule has 0 atom stereocenters. The van der Waals surface area contributed by atoms with E-state index >= 15 is 0 Å². The molecule has 0 spiro atoms. The fourth-order valence-electron chi connectivity index (χ4n) is 2.62. The highest BCUT2D eigenvalue weighted by Gasteiger charge is 2.30. The second-order valence-corrected chi connectivity index (χ2v) is 7.90. The van der Waals surface area contributed by atoms with Gasteiger partial charge >= 0.3 is 6.18 Å². The average Bonchev–Trinajstić information content (AvgIpc) is 3.07. The van der Waals surface area contributed by atoms with Crippen LogP contribution in [0.1, 0.15) is 21.7 Å². The number of ketones is 1. The Labute approximate surface area is 150 Å². The summed E-state index contributed by atoms with van der Waals surface area (Å²) in [6.07, 6.45) is -4.31. The molecule has 8 heteroatoms. The summed E-state index contributed by atoms with van der Waals surface area (Å²) in [7, 11) is 0. The predicted molar refractivity (Wildman–Crippen MR) is 94.6 cm³/mol. The third-order valence-corrected chi connectivity index (χ3v) is 5.99. The van der Waals surface area contributed by atoms with Crippen LogP contribution in [0.3, 0.4) is 0 Å². The number of nitrogens with zero attached hydrogens (tertiary/aromatic N) is 2. The van der Waals surface area contributed by atoms with E-state index in [1.165, 1.54) is 29.2 Å². The van der Waals surface area contributed by atoms with Gasteiger partial charge in [-0.05, 0) is 32.0 Å². The number of alkyl halides is 3. The maximum atomic E-state index is 12.7. The molecule has 132 valence electrons. The number of halogens is 3. The molecule has 3 rings (SSSR count). The van der Waals surface area contributed by atoms with Gasteiger partial charge in [0.15, 0.2) is 10.1 Å².